The molecule has 3 unspecified atom stereocenters. The van der Waals surface area contributed by atoms with E-state index in [1.54, 1.807) is 0 Å². The summed E-state index contributed by atoms with van der Waals surface area (Å²) in [6.07, 6.45) is 5.83. The second-order valence-electron chi connectivity index (χ2n) is 4.06. The van der Waals surface area contributed by atoms with Crippen LogP contribution < -0.4 is 0 Å². The number of hydrogen-bond acceptors (Lipinski definition) is 0. The lowest BCUT2D eigenvalue weighted by Gasteiger charge is -2.31. The minimum Gasteiger partial charge on any atom is -0.412 e. The third-order valence-corrected chi connectivity index (χ3v) is 3.13. The van der Waals surface area contributed by atoms with Crippen LogP contribution in [0.1, 0.15) is 46.5 Å². The monoisotopic (exact) mass is 158 g/mol. The van der Waals surface area contributed by atoms with Crippen LogP contribution >= 0.6 is 0 Å². The zero-order valence-corrected chi connectivity index (χ0v) is 8.06. The van der Waals surface area contributed by atoms with Gasteiger partial charge >= 0.3 is 0 Å². The van der Waals surface area contributed by atoms with E-state index < -0.39 is 0 Å². The predicted octanol–water partition coefficient (Wildman–Crippen LogP) is 2.64. The first-order valence-corrected chi connectivity index (χ1v) is 4.74. The molecule has 0 aromatic heterocycles. The van der Waals surface area contributed by atoms with Gasteiger partial charge in [-0.1, -0.05) is 33.6 Å². The van der Waals surface area contributed by atoms with Crippen molar-refractivity contribution in [3.63, 3.8) is 0 Å². The number of rotatable bonds is 1. The van der Waals surface area contributed by atoms with Crippen molar-refractivity contribution >= 4 is 0 Å². The number of hydrogen-bond donors (Lipinski definition) is 0. The molecule has 2 N–H and O–H groups in total. The summed E-state index contributed by atoms with van der Waals surface area (Å²) in [5, 5.41) is 0. The van der Waals surface area contributed by atoms with Crippen LogP contribution in [0.5, 0.6) is 0 Å². The van der Waals surface area contributed by atoms with Gasteiger partial charge in [0.25, 0.3) is 0 Å². The van der Waals surface area contributed by atoms with E-state index >= 15 is 0 Å². The fraction of sp³-hybridized carbons (Fsp3) is 1.00. The molecule has 0 aromatic rings. The summed E-state index contributed by atoms with van der Waals surface area (Å²) in [5.41, 5.74) is 0. The molecule has 1 aliphatic carbocycles. The lowest BCUT2D eigenvalue weighted by molar-refractivity contribution is 0.200. The zero-order valence-electron chi connectivity index (χ0n) is 8.06. The maximum atomic E-state index is 2.42. The van der Waals surface area contributed by atoms with Crippen LogP contribution in [0.4, 0.5) is 0 Å². The molecule has 1 heteroatoms. The first-order chi connectivity index (χ1) is 4.74. The molecule has 0 saturated heterocycles. The summed E-state index contributed by atoms with van der Waals surface area (Å²) in [6, 6.07) is 0. The van der Waals surface area contributed by atoms with Crippen molar-refractivity contribution < 1.29 is 5.48 Å². The molecule has 0 heterocycles. The summed E-state index contributed by atoms with van der Waals surface area (Å²) in [7, 11) is 0. The molecule has 1 nitrogen and oxygen atoms in total. The predicted molar refractivity (Wildman–Crippen MR) is 49.6 cm³/mol. The molecule has 1 fully saturated rings. The Hall–Kier alpha value is -0.0400. The zero-order chi connectivity index (χ0) is 7.56. The van der Waals surface area contributed by atoms with Crippen LogP contribution in [-0.4, -0.2) is 5.48 Å². The minimum absolute atomic E-state index is 0. The summed E-state index contributed by atoms with van der Waals surface area (Å²) in [4.78, 5) is 0. The first-order valence-electron chi connectivity index (χ1n) is 4.74. The van der Waals surface area contributed by atoms with Gasteiger partial charge in [0.2, 0.25) is 0 Å². The lowest BCUT2D eigenvalue weighted by Crippen LogP contribution is -2.20. The average Bonchev–Trinajstić information content (AvgIpc) is 1.88. The van der Waals surface area contributed by atoms with E-state index in [0.717, 1.165) is 17.8 Å². The maximum absolute atomic E-state index is 2.42. The molecule has 0 spiro atoms. The standard InChI is InChI=1S/C10H20.H2O/c1-4-10-6-5-8(2)7-9(10)3;/h8-10H,4-7H2,1-3H3;1H2. The third-order valence-electron chi connectivity index (χ3n) is 3.13. The van der Waals surface area contributed by atoms with Gasteiger partial charge in [-0.2, -0.15) is 0 Å². The molecular formula is C10H22O. The van der Waals surface area contributed by atoms with Crippen LogP contribution in [0.25, 0.3) is 0 Å². The van der Waals surface area contributed by atoms with Crippen LogP contribution in [0.15, 0.2) is 0 Å². The van der Waals surface area contributed by atoms with Crippen LogP contribution in [0, 0.1) is 17.8 Å². The van der Waals surface area contributed by atoms with Crippen molar-refractivity contribution in [1.29, 1.82) is 0 Å². The van der Waals surface area contributed by atoms with E-state index in [0.29, 0.717) is 0 Å². The van der Waals surface area contributed by atoms with E-state index in [4.69, 9.17) is 0 Å². The Labute approximate surface area is 70.5 Å². The highest BCUT2D eigenvalue weighted by atomic mass is 16.0. The SMILES string of the molecule is CCC1CCC(C)CC1C.O. The van der Waals surface area contributed by atoms with Gasteiger partial charge in [0.1, 0.15) is 0 Å². The quantitative estimate of drug-likeness (QED) is 0.562. The molecule has 11 heavy (non-hydrogen) atoms. The van der Waals surface area contributed by atoms with Gasteiger partial charge in [0.05, 0.1) is 0 Å². The third kappa shape index (κ3) is 2.82. The van der Waals surface area contributed by atoms with Crippen LogP contribution in [0.2, 0.25) is 0 Å². The van der Waals surface area contributed by atoms with E-state index in [-0.39, 0.29) is 5.48 Å². The van der Waals surface area contributed by atoms with E-state index in [9.17, 15) is 0 Å². The molecule has 0 radical (unpaired) electrons. The Morgan fingerprint density at radius 3 is 2.27 bits per heavy atom. The van der Waals surface area contributed by atoms with Gasteiger partial charge < -0.3 is 5.48 Å². The van der Waals surface area contributed by atoms with Crippen molar-refractivity contribution in [2.24, 2.45) is 17.8 Å². The highest BCUT2D eigenvalue weighted by Gasteiger charge is 2.23. The topological polar surface area (TPSA) is 31.5 Å². The lowest BCUT2D eigenvalue weighted by atomic mass is 9.75. The molecule has 3 atom stereocenters. The summed E-state index contributed by atoms with van der Waals surface area (Å²) >= 11 is 0. The molecule has 1 aliphatic rings. The molecule has 68 valence electrons. The Morgan fingerprint density at radius 1 is 1.18 bits per heavy atom. The Kier molecular flexibility index (Phi) is 4.74. The molecule has 0 aromatic carbocycles. The van der Waals surface area contributed by atoms with E-state index in [1.807, 2.05) is 0 Å². The van der Waals surface area contributed by atoms with Gasteiger partial charge in [0.15, 0.2) is 0 Å². The maximum Gasteiger partial charge on any atom is -0.0391 e. The smallest absolute Gasteiger partial charge is 0.0391 e. The molecule has 0 amide bonds. The van der Waals surface area contributed by atoms with Crippen molar-refractivity contribution in [1.82, 2.24) is 0 Å². The van der Waals surface area contributed by atoms with Crippen molar-refractivity contribution in [3.8, 4) is 0 Å². The summed E-state index contributed by atoms with van der Waals surface area (Å²) in [5.74, 6) is 3.03. The molecule has 1 rings (SSSR count). The van der Waals surface area contributed by atoms with Crippen LogP contribution in [0.3, 0.4) is 0 Å². The fourth-order valence-corrected chi connectivity index (χ4v) is 2.33. The van der Waals surface area contributed by atoms with E-state index in [1.165, 1.54) is 25.7 Å². The van der Waals surface area contributed by atoms with Gasteiger partial charge in [-0.15, -0.1) is 0 Å². The summed E-state index contributed by atoms with van der Waals surface area (Å²) < 4.78 is 0. The van der Waals surface area contributed by atoms with Gasteiger partial charge in [-0.05, 0) is 30.6 Å². The average molecular weight is 158 g/mol. The van der Waals surface area contributed by atoms with Crippen molar-refractivity contribution in [3.05, 3.63) is 0 Å². The van der Waals surface area contributed by atoms with Crippen molar-refractivity contribution in [2.75, 3.05) is 0 Å². The van der Waals surface area contributed by atoms with Crippen molar-refractivity contribution in [2.45, 2.75) is 46.5 Å². The fourth-order valence-electron chi connectivity index (χ4n) is 2.33. The Bertz CT molecular complexity index is 101. The minimum atomic E-state index is 0. The Balaban J connectivity index is 0.000001000. The molecule has 0 bridgehead atoms. The molecule has 1 saturated carbocycles. The normalized spacial score (nSPS) is 37.9. The molecule has 0 aliphatic heterocycles. The van der Waals surface area contributed by atoms with Gasteiger partial charge in [-0.25, -0.2) is 0 Å². The van der Waals surface area contributed by atoms with Gasteiger partial charge in [0, 0.05) is 0 Å². The first kappa shape index (κ1) is 11.0. The second-order valence-corrected chi connectivity index (χ2v) is 4.06. The largest absolute Gasteiger partial charge is 0.412 e. The second kappa shape index (κ2) is 4.76. The van der Waals surface area contributed by atoms with Gasteiger partial charge in [-0.3, -0.25) is 0 Å². The van der Waals surface area contributed by atoms with E-state index in [2.05, 4.69) is 20.8 Å². The highest BCUT2D eigenvalue weighted by Crippen LogP contribution is 2.34. The summed E-state index contributed by atoms with van der Waals surface area (Å²) in [6.45, 7) is 7.14. The highest BCUT2D eigenvalue weighted by molar-refractivity contribution is 4.74. The van der Waals surface area contributed by atoms with Crippen LogP contribution in [-0.2, 0) is 0 Å². The molecular weight excluding hydrogens is 136 g/mol. The Morgan fingerprint density at radius 2 is 1.82 bits per heavy atom.